The summed E-state index contributed by atoms with van der Waals surface area (Å²) in [5, 5.41) is 8.53. The van der Waals surface area contributed by atoms with Crippen LogP contribution >= 0.6 is 0 Å². The van der Waals surface area contributed by atoms with Crippen molar-refractivity contribution in [3.05, 3.63) is 0 Å². The lowest BCUT2D eigenvalue weighted by Crippen LogP contribution is -2.19. The Morgan fingerprint density at radius 2 is 2.18 bits per heavy atom. The fourth-order valence-corrected chi connectivity index (χ4v) is 1.18. The summed E-state index contributed by atoms with van der Waals surface area (Å²) in [6.07, 6.45) is 0.398. The first-order chi connectivity index (χ1) is 5.02. The van der Waals surface area contributed by atoms with Crippen molar-refractivity contribution < 1.29 is 19.4 Å². The van der Waals surface area contributed by atoms with Crippen molar-refractivity contribution in [2.75, 3.05) is 7.11 Å². The topological polar surface area (TPSA) is 63.6 Å². The summed E-state index contributed by atoms with van der Waals surface area (Å²) in [5.41, 5.74) is -0.763. The van der Waals surface area contributed by atoms with Crippen molar-refractivity contribution in [2.45, 2.75) is 13.3 Å². The van der Waals surface area contributed by atoms with E-state index in [-0.39, 0.29) is 0 Å². The first-order valence-corrected chi connectivity index (χ1v) is 3.33. The van der Waals surface area contributed by atoms with Crippen molar-refractivity contribution in [3.8, 4) is 0 Å². The third-order valence-corrected chi connectivity index (χ3v) is 2.19. The molecule has 0 heterocycles. The molecule has 62 valence electrons. The maximum absolute atomic E-state index is 10.9. The van der Waals surface area contributed by atoms with E-state index in [9.17, 15) is 9.59 Å². The molecule has 0 unspecified atom stereocenters. The van der Waals surface area contributed by atoms with E-state index >= 15 is 0 Å². The molecule has 1 aliphatic carbocycles. The number of esters is 1. The number of hydrogen-bond acceptors (Lipinski definition) is 3. The van der Waals surface area contributed by atoms with Gasteiger partial charge < -0.3 is 9.84 Å². The first kappa shape index (κ1) is 8.04. The Labute approximate surface area is 64.2 Å². The second-order valence-electron chi connectivity index (χ2n) is 3.00. The lowest BCUT2D eigenvalue weighted by Gasteiger charge is -2.04. The van der Waals surface area contributed by atoms with Gasteiger partial charge in [0.05, 0.1) is 18.4 Å². The molecule has 1 saturated carbocycles. The van der Waals surface area contributed by atoms with E-state index in [0.717, 1.165) is 0 Å². The third kappa shape index (κ3) is 1.08. The van der Waals surface area contributed by atoms with Gasteiger partial charge >= 0.3 is 11.9 Å². The molecule has 0 aromatic carbocycles. The molecular weight excluding hydrogens is 148 g/mol. The Bertz CT molecular complexity index is 210. The van der Waals surface area contributed by atoms with Gasteiger partial charge in [-0.15, -0.1) is 0 Å². The number of carbonyl (C=O) groups excluding carboxylic acids is 1. The molecule has 1 fully saturated rings. The molecule has 0 aliphatic heterocycles. The standard InChI is InChI=1S/C7H10O4/c1-7(6(10)11-2)3-4(7)5(8)9/h4H,3H2,1-2H3,(H,8,9)/t4-,7-/m1/s1. The van der Waals surface area contributed by atoms with E-state index in [1.807, 2.05) is 0 Å². The van der Waals surface area contributed by atoms with Crippen LogP contribution in [0.4, 0.5) is 0 Å². The number of carboxylic acids is 1. The average molecular weight is 158 g/mol. The van der Waals surface area contributed by atoms with Gasteiger partial charge in [-0.1, -0.05) is 0 Å². The van der Waals surface area contributed by atoms with Crippen LogP contribution in [-0.4, -0.2) is 24.2 Å². The highest BCUT2D eigenvalue weighted by atomic mass is 16.5. The van der Waals surface area contributed by atoms with Gasteiger partial charge in [0.2, 0.25) is 0 Å². The Kier molecular flexibility index (Phi) is 1.62. The zero-order chi connectivity index (χ0) is 8.65. The van der Waals surface area contributed by atoms with Crippen molar-refractivity contribution in [2.24, 2.45) is 11.3 Å². The highest BCUT2D eigenvalue weighted by molar-refractivity contribution is 5.89. The van der Waals surface area contributed by atoms with Crippen LogP contribution in [0.1, 0.15) is 13.3 Å². The highest BCUT2D eigenvalue weighted by Crippen LogP contribution is 2.52. The zero-order valence-corrected chi connectivity index (χ0v) is 6.46. The molecule has 11 heavy (non-hydrogen) atoms. The first-order valence-electron chi connectivity index (χ1n) is 3.33. The molecule has 0 bridgehead atoms. The number of ether oxygens (including phenoxy) is 1. The van der Waals surface area contributed by atoms with E-state index in [2.05, 4.69) is 4.74 Å². The highest BCUT2D eigenvalue weighted by Gasteiger charge is 2.61. The summed E-state index contributed by atoms with van der Waals surface area (Å²) in [6, 6.07) is 0. The van der Waals surface area contributed by atoms with Gasteiger partial charge in [-0.2, -0.15) is 0 Å². The molecule has 1 rings (SSSR count). The minimum absolute atomic E-state index is 0.398. The summed E-state index contributed by atoms with van der Waals surface area (Å²) in [6.45, 7) is 1.61. The van der Waals surface area contributed by atoms with Gasteiger partial charge in [-0.25, -0.2) is 0 Å². The predicted molar refractivity (Wildman–Crippen MR) is 35.9 cm³/mol. The molecule has 0 saturated heterocycles. The molecule has 0 radical (unpaired) electrons. The summed E-state index contributed by atoms with van der Waals surface area (Å²) in [5.74, 6) is -1.89. The quantitative estimate of drug-likeness (QED) is 0.586. The van der Waals surface area contributed by atoms with E-state index < -0.39 is 23.3 Å². The molecule has 0 aromatic heterocycles. The second-order valence-corrected chi connectivity index (χ2v) is 3.00. The molecule has 0 spiro atoms. The van der Waals surface area contributed by atoms with E-state index in [0.29, 0.717) is 6.42 Å². The Morgan fingerprint density at radius 3 is 2.45 bits per heavy atom. The number of aliphatic carboxylic acids is 1. The Morgan fingerprint density at radius 1 is 1.64 bits per heavy atom. The molecule has 0 amide bonds. The molecule has 2 atom stereocenters. The minimum Gasteiger partial charge on any atom is -0.481 e. The molecule has 1 aliphatic rings. The predicted octanol–water partition coefficient (Wildman–Crippen LogP) is 0.270. The Balaban J connectivity index is 2.62. The number of rotatable bonds is 2. The lowest BCUT2D eigenvalue weighted by molar-refractivity contribution is -0.150. The van der Waals surface area contributed by atoms with Crippen molar-refractivity contribution in [3.63, 3.8) is 0 Å². The van der Waals surface area contributed by atoms with Gasteiger partial charge in [0.15, 0.2) is 0 Å². The largest absolute Gasteiger partial charge is 0.481 e. The van der Waals surface area contributed by atoms with Crippen LogP contribution in [0.2, 0.25) is 0 Å². The smallest absolute Gasteiger partial charge is 0.312 e. The fourth-order valence-electron chi connectivity index (χ4n) is 1.18. The molecular formula is C7H10O4. The van der Waals surface area contributed by atoms with Crippen molar-refractivity contribution in [1.29, 1.82) is 0 Å². The van der Waals surface area contributed by atoms with E-state index in [1.54, 1.807) is 6.92 Å². The van der Waals surface area contributed by atoms with Crippen molar-refractivity contribution >= 4 is 11.9 Å². The lowest BCUT2D eigenvalue weighted by atomic mass is 10.1. The van der Waals surface area contributed by atoms with Crippen LogP contribution in [0.15, 0.2) is 0 Å². The average Bonchev–Trinajstić information content (AvgIpc) is 2.62. The third-order valence-electron chi connectivity index (χ3n) is 2.19. The second kappa shape index (κ2) is 2.22. The van der Waals surface area contributed by atoms with Gasteiger partial charge in [0.25, 0.3) is 0 Å². The number of hydrogen-bond donors (Lipinski definition) is 1. The van der Waals surface area contributed by atoms with Gasteiger partial charge in [0, 0.05) is 0 Å². The molecule has 0 aromatic rings. The summed E-state index contributed by atoms with van der Waals surface area (Å²) in [4.78, 5) is 21.3. The van der Waals surface area contributed by atoms with Crippen molar-refractivity contribution in [1.82, 2.24) is 0 Å². The van der Waals surface area contributed by atoms with Gasteiger partial charge in [-0.05, 0) is 13.3 Å². The monoisotopic (exact) mass is 158 g/mol. The summed E-state index contributed by atoms with van der Waals surface area (Å²) < 4.78 is 4.46. The van der Waals surface area contributed by atoms with E-state index in [1.165, 1.54) is 7.11 Å². The SMILES string of the molecule is COC(=O)[C@]1(C)C[C@@H]1C(=O)O. The Hall–Kier alpha value is -1.06. The van der Waals surface area contributed by atoms with Crippen LogP contribution < -0.4 is 0 Å². The molecule has 4 nitrogen and oxygen atoms in total. The zero-order valence-electron chi connectivity index (χ0n) is 6.46. The maximum Gasteiger partial charge on any atom is 0.312 e. The fraction of sp³-hybridized carbons (Fsp3) is 0.714. The number of carbonyl (C=O) groups is 2. The molecule has 4 heteroatoms. The normalized spacial score (nSPS) is 34.5. The maximum atomic E-state index is 10.9. The van der Waals surface area contributed by atoms with Gasteiger partial charge in [0.1, 0.15) is 0 Å². The van der Waals surface area contributed by atoms with Crippen LogP contribution in [0.5, 0.6) is 0 Å². The number of carboxylic acid groups (broad SMARTS) is 1. The van der Waals surface area contributed by atoms with E-state index in [4.69, 9.17) is 5.11 Å². The van der Waals surface area contributed by atoms with Crippen LogP contribution in [0.3, 0.4) is 0 Å². The summed E-state index contributed by atoms with van der Waals surface area (Å²) >= 11 is 0. The van der Waals surface area contributed by atoms with Crippen LogP contribution in [-0.2, 0) is 14.3 Å². The summed E-state index contributed by atoms with van der Waals surface area (Å²) in [7, 11) is 1.27. The molecule has 1 N–H and O–H groups in total. The van der Waals surface area contributed by atoms with Gasteiger partial charge in [-0.3, -0.25) is 9.59 Å². The van der Waals surface area contributed by atoms with Crippen LogP contribution in [0.25, 0.3) is 0 Å². The minimum atomic E-state index is -0.919. The van der Waals surface area contributed by atoms with Crippen LogP contribution in [0, 0.1) is 11.3 Å². The number of methoxy groups -OCH3 is 1.